The van der Waals surface area contributed by atoms with Gasteiger partial charge in [-0.15, -0.1) is 0 Å². The Morgan fingerprint density at radius 2 is 1.90 bits per heavy atom. The second-order valence-electron chi connectivity index (χ2n) is 7.27. The van der Waals surface area contributed by atoms with Crippen molar-refractivity contribution in [2.45, 2.75) is 24.9 Å². The molecule has 4 nitrogen and oxygen atoms in total. The largest absolute Gasteiger partial charge is 0.493 e. The summed E-state index contributed by atoms with van der Waals surface area (Å²) in [5.41, 5.74) is 1.95. The van der Waals surface area contributed by atoms with E-state index in [1.54, 1.807) is 7.11 Å². The highest BCUT2D eigenvalue weighted by molar-refractivity contribution is 9.10. The zero-order valence-corrected chi connectivity index (χ0v) is 17.2. The van der Waals surface area contributed by atoms with Crippen LogP contribution in [0.15, 0.2) is 40.9 Å². The number of fused-ring (bicyclic) bond motifs is 2. The predicted molar refractivity (Wildman–Crippen MR) is 104 cm³/mol. The number of methoxy groups -OCH3 is 1. The molecular formula is C21H19BrF3NO3. The smallest absolute Gasteiger partial charge is 0.471 e. The van der Waals surface area contributed by atoms with Crippen LogP contribution >= 0.6 is 15.9 Å². The van der Waals surface area contributed by atoms with E-state index >= 15 is 0 Å². The number of hydrogen-bond acceptors (Lipinski definition) is 3. The lowest BCUT2D eigenvalue weighted by Gasteiger charge is -2.39. The SMILES string of the molecule is COc1cccc2c1Oc1cc(Br)ccc1C2C1CCN(C(=O)C(F)(F)F)CC1. The van der Waals surface area contributed by atoms with Crippen LogP contribution in [-0.4, -0.2) is 37.2 Å². The number of nitrogens with zero attached hydrogens (tertiary/aromatic N) is 1. The number of likely N-dealkylation sites (tertiary alicyclic amines) is 1. The second-order valence-corrected chi connectivity index (χ2v) is 8.18. The second kappa shape index (κ2) is 7.55. The van der Waals surface area contributed by atoms with Gasteiger partial charge in [0.1, 0.15) is 5.75 Å². The Bertz CT molecular complexity index is 939. The Hall–Kier alpha value is -2.22. The van der Waals surface area contributed by atoms with Crippen molar-refractivity contribution < 1.29 is 27.4 Å². The number of benzene rings is 2. The maximum atomic E-state index is 12.8. The van der Waals surface area contributed by atoms with E-state index in [9.17, 15) is 18.0 Å². The van der Waals surface area contributed by atoms with Gasteiger partial charge in [-0.1, -0.05) is 34.1 Å². The van der Waals surface area contributed by atoms with E-state index in [2.05, 4.69) is 15.9 Å². The monoisotopic (exact) mass is 469 g/mol. The van der Waals surface area contributed by atoms with E-state index in [1.165, 1.54) is 0 Å². The Kier molecular flexibility index (Phi) is 5.23. The van der Waals surface area contributed by atoms with Gasteiger partial charge in [-0.25, -0.2) is 0 Å². The average molecular weight is 470 g/mol. The number of amides is 1. The van der Waals surface area contributed by atoms with E-state index in [1.807, 2.05) is 36.4 Å². The van der Waals surface area contributed by atoms with Crippen molar-refractivity contribution in [1.29, 1.82) is 0 Å². The summed E-state index contributed by atoms with van der Waals surface area (Å²) >= 11 is 3.46. The quantitative estimate of drug-likeness (QED) is 0.583. The molecule has 2 aromatic carbocycles. The Morgan fingerprint density at radius 3 is 2.55 bits per heavy atom. The van der Waals surface area contributed by atoms with Crippen molar-refractivity contribution >= 4 is 21.8 Å². The molecule has 4 rings (SSSR count). The van der Waals surface area contributed by atoms with Crippen LogP contribution in [-0.2, 0) is 4.79 Å². The minimum Gasteiger partial charge on any atom is -0.493 e. The van der Waals surface area contributed by atoms with Crippen molar-refractivity contribution in [3.05, 3.63) is 52.0 Å². The molecule has 2 aromatic rings. The van der Waals surface area contributed by atoms with Gasteiger partial charge < -0.3 is 14.4 Å². The van der Waals surface area contributed by atoms with Crippen LogP contribution in [0, 0.1) is 5.92 Å². The lowest BCUT2D eigenvalue weighted by molar-refractivity contribution is -0.186. The number of ether oxygens (including phenoxy) is 2. The first-order chi connectivity index (χ1) is 13.8. The lowest BCUT2D eigenvalue weighted by Crippen LogP contribution is -2.46. The van der Waals surface area contributed by atoms with Crippen LogP contribution in [0.25, 0.3) is 0 Å². The van der Waals surface area contributed by atoms with Gasteiger partial charge in [-0.3, -0.25) is 4.79 Å². The highest BCUT2D eigenvalue weighted by Gasteiger charge is 2.44. The summed E-state index contributed by atoms with van der Waals surface area (Å²) in [6.45, 7) is 0.178. The van der Waals surface area contributed by atoms with Crippen LogP contribution in [0.5, 0.6) is 17.2 Å². The van der Waals surface area contributed by atoms with Crippen LogP contribution in [0.2, 0.25) is 0 Å². The molecule has 0 aliphatic carbocycles. The highest BCUT2D eigenvalue weighted by atomic mass is 79.9. The van der Waals surface area contributed by atoms with Crippen LogP contribution < -0.4 is 9.47 Å². The topological polar surface area (TPSA) is 38.8 Å². The minimum absolute atomic E-state index is 0.0416. The van der Waals surface area contributed by atoms with Gasteiger partial charge in [0.05, 0.1) is 7.11 Å². The summed E-state index contributed by atoms with van der Waals surface area (Å²) in [5, 5.41) is 0. The van der Waals surface area contributed by atoms with Crippen molar-refractivity contribution in [1.82, 2.24) is 4.90 Å². The molecule has 154 valence electrons. The van der Waals surface area contributed by atoms with Crippen molar-refractivity contribution in [3.63, 3.8) is 0 Å². The number of piperidine rings is 1. The van der Waals surface area contributed by atoms with E-state index in [0.29, 0.717) is 30.1 Å². The minimum atomic E-state index is -4.83. The van der Waals surface area contributed by atoms with E-state index in [0.717, 1.165) is 20.5 Å². The van der Waals surface area contributed by atoms with Crippen LogP contribution in [0.4, 0.5) is 13.2 Å². The van der Waals surface area contributed by atoms with E-state index in [4.69, 9.17) is 9.47 Å². The zero-order chi connectivity index (χ0) is 20.8. The van der Waals surface area contributed by atoms with Crippen molar-refractivity contribution in [2.75, 3.05) is 20.2 Å². The molecule has 2 aliphatic heterocycles. The van der Waals surface area contributed by atoms with E-state index < -0.39 is 12.1 Å². The summed E-state index contributed by atoms with van der Waals surface area (Å²) in [5.74, 6) is 0.244. The average Bonchev–Trinajstić information content (AvgIpc) is 2.70. The molecule has 2 heterocycles. The first-order valence-electron chi connectivity index (χ1n) is 9.30. The number of carbonyl (C=O) groups is 1. The lowest BCUT2D eigenvalue weighted by atomic mass is 9.74. The molecule has 2 aliphatic rings. The fourth-order valence-electron chi connectivity index (χ4n) is 4.30. The van der Waals surface area contributed by atoms with Gasteiger partial charge in [-0.2, -0.15) is 13.2 Å². The summed E-state index contributed by atoms with van der Waals surface area (Å²) in [6, 6.07) is 11.5. The first-order valence-corrected chi connectivity index (χ1v) is 10.1. The van der Waals surface area contributed by atoms with Gasteiger partial charge in [0.15, 0.2) is 11.5 Å². The third kappa shape index (κ3) is 3.70. The molecule has 0 saturated carbocycles. The zero-order valence-electron chi connectivity index (χ0n) is 15.6. The fourth-order valence-corrected chi connectivity index (χ4v) is 4.64. The number of carbonyl (C=O) groups excluding carboxylic acids is 1. The summed E-state index contributed by atoms with van der Waals surface area (Å²) in [4.78, 5) is 12.5. The summed E-state index contributed by atoms with van der Waals surface area (Å²) < 4.78 is 50.8. The number of para-hydroxylation sites is 1. The van der Waals surface area contributed by atoms with Crippen molar-refractivity contribution in [3.8, 4) is 17.2 Å². The standard InChI is InChI=1S/C21H19BrF3NO3/c1-28-16-4-2-3-15-18(14-6-5-13(22)11-17(14)29-19(15)16)12-7-9-26(10-8-12)20(27)21(23,24)25/h2-6,11-12,18H,7-10H2,1H3. The maximum Gasteiger partial charge on any atom is 0.471 e. The number of rotatable bonds is 2. The van der Waals surface area contributed by atoms with Crippen molar-refractivity contribution in [2.24, 2.45) is 5.92 Å². The number of alkyl halides is 3. The molecule has 1 saturated heterocycles. The van der Waals surface area contributed by atoms with Gasteiger partial charge in [0, 0.05) is 34.6 Å². The molecule has 1 fully saturated rings. The van der Waals surface area contributed by atoms with Gasteiger partial charge >= 0.3 is 12.1 Å². The molecule has 0 bridgehead atoms. The molecule has 8 heteroatoms. The maximum absolute atomic E-state index is 12.8. The molecule has 1 unspecified atom stereocenters. The molecule has 1 atom stereocenters. The summed E-state index contributed by atoms with van der Waals surface area (Å²) in [7, 11) is 1.58. The molecule has 0 spiro atoms. The highest BCUT2D eigenvalue weighted by Crippen LogP contribution is 2.53. The van der Waals surface area contributed by atoms with E-state index in [-0.39, 0.29) is 24.9 Å². The normalized spacial score (nSPS) is 19.2. The van der Waals surface area contributed by atoms with Gasteiger partial charge in [0.25, 0.3) is 0 Å². The number of halogens is 4. The molecule has 1 amide bonds. The number of hydrogen-bond donors (Lipinski definition) is 0. The summed E-state index contributed by atoms with van der Waals surface area (Å²) in [6.07, 6.45) is -3.86. The van der Waals surface area contributed by atoms with Gasteiger partial charge in [-0.05, 0) is 37.0 Å². The van der Waals surface area contributed by atoms with Crippen LogP contribution in [0.3, 0.4) is 0 Å². The third-order valence-corrected chi connectivity index (χ3v) is 6.12. The molecule has 0 aromatic heterocycles. The Labute approximate surface area is 174 Å². The predicted octanol–water partition coefficient (Wildman–Crippen LogP) is 5.50. The Morgan fingerprint density at radius 1 is 1.17 bits per heavy atom. The molecule has 0 N–H and O–H groups in total. The molecule has 0 radical (unpaired) electrons. The first kappa shape index (κ1) is 20.1. The molecule has 29 heavy (non-hydrogen) atoms. The third-order valence-electron chi connectivity index (χ3n) is 5.63. The molecular weight excluding hydrogens is 451 g/mol. The fraction of sp³-hybridized carbons (Fsp3) is 0.381. The van der Waals surface area contributed by atoms with Crippen LogP contribution in [0.1, 0.15) is 29.9 Å². The van der Waals surface area contributed by atoms with Gasteiger partial charge in [0.2, 0.25) is 0 Å². The Balaban J connectivity index is 1.67.